The van der Waals surface area contributed by atoms with Gasteiger partial charge < -0.3 is 9.84 Å². The fraction of sp³-hybridized carbons (Fsp3) is 0.273. The van der Waals surface area contributed by atoms with Crippen LogP contribution in [-0.4, -0.2) is 33.6 Å². The van der Waals surface area contributed by atoms with E-state index in [0.29, 0.717) is 44.5 Å². The molecule has 0 radical (unpaired) electrons. The van der Waals surface area contributed by atoms with Gasteiger partial charge in [0.05, 0.1) is 18.2 Å². The molecule has 1 amide bonds. The minimum Gasteiger partial charge on any atom is -0.507 e. The Morgan fingerprint density at radius 1 is 1.05 bits per heavy atom. The molecule has 43 heavy (non-hydrogen) atoms. The van der Waals surface area contributed by atoms with Gasteiger partial charge in [-0.05, 0) is 59.4 Å². The van der Waals surface area contributed by atoms with Gasteiger partial charge in [0.15, 0.2) is 4.34 Å². The van der Waals surface area contributed by atoms with Gasteiger partial charge in [0, 0.05) is 16.3 Å². The lowest BCUT2D eigenvalue weighted by Gasteiger charge is -2.23. The molecule has 0 saturated carbocycles. The van der Waals surface area contributed by atoms with E-state index in [4.69, 9.17) is 16.3 Å². The first kappa shape index (κ1) is 30.8. The van der Waals surface area contributed by atoms with Crippen LogP contribution in [0.5, 0.6) is 5.75 Å². The van der Waals surface area contributed by atoms with Gasteiger partial charge in [-0.2, -0.15) is 0 Å². The predicted octanol–water partition coefficient (Wildman–Crippen LogP) is 8.41. The number of unbranched alkanes of at least 4 members (excludes halogenated alkanes) is 1. The number of carbonyl (C=O) groups excluding carboxylic acids is 2. The first-order valence-electron chi connectivity index (χ1n) is 14.1. The molecule has 1 N–H and O–H groups in total. The number of anilines is 1. The normalized spacial score (nSPS) is 16.3. The number of hydrogen-bond donors (Lipinski definition) is 1. The van der Waals surface area contributed by atoms with E-state index in [1.54, 1.807) is 24.3 Å². The average Bonchev–Trinajstić information content (AvgIpc) is 3.58. The molecular weight excluding hydrogens is 602 g/mol. The summed E-state index contributed by atoms with van der Waals surface area (Å²) in [4.78, 5) is 28.5. The first-order chi connectivity index (χ1) is 20.8. The van der Waals surface area contributed by atoms with E-state index >= 15 is 0 Å². The number of amides is 1. The molecule has 0 spiro atoms. The van der Waals surface area contributed by atoms with Crippen LogP contribution in [0.4, 0.5) is 5.13 Å². The molecule has 1 fully saturated rings. The lowest BCUT2D eigenvalue weighted by Crippen LogP contribution is -2.29. The maximum absolute atomic E-state index is 13.6. The number of hydrogen-bond acceptors (Lipinski definition) is 8. The van der Waals surface area contributed by atoms with Crippen LogP contribution in [0, 0.1) is 0 Å². The Morgan fingerprint density at radius 3 is 2.44 bits per heavy atom. The number of Topliss-reactive ketones (excluding diaryl/α,β-unsaturated/α-hetero) is 1. The zero-order valence-electron chi connectivity index (χ0n) is 24.1. The second-order valence-electron chi connectivity index (χ2n) is 10.4. The Kier molecular flexibility index (Phi) is 9.85. The SMILES string of the molecule is CCCCOc1ccc(C(O)=C2C(=O)C(=O)N(c3nnc(SCc4ccccc4Cl)s3)[C@H]2c2ccc(C(C)C)cc2)cc1. The van der Waals surface area contributed by atoms with Crippen LogP contribution < -0.4 is 9.64 Å². The summed E-state index contributed by atoms with van der Waals surface area (Å²) in [6.07, 6.45) is 1.96. The summed E-state index contributed by atoms with van der Waals surface area (Å²) >= 11 is 8.98. The number of aliphatic hydroxyl groups excluding tert-OH is 1. The van der Waals surface area contributed by atoms with Crippen LogP contribution in [0.2, 0.25) is 5.02 Å². The van der Waals surface area contributed by atoms with Crippen LogP contribution in [0.15, 0.2) is 82.7 Å². The van der Waals surface area contributed by atoms with E-state index in [0.717, 1.165) is 24.0 Å². The smallest absolute Gasteiger partial charge is 0.301 e. The molecule has 1 atom stereocenters. The third-order valence-corrected chi connectivity index (χ3v) is 9.64. The van der Waals surface area contributed by atoms with Gasteiger partial charge in [-0.3, -0.25) is 14.5 Å². The van der Waals surface area contributed by atoms with Gasteiger partial charge >= 0.3 is 5.91 Å². The summed E-state index contributed by atoms with van der Waals surface area (Å²) in [6, 6.07) is 21.3. The van der Waals surface area contributed by atoms with Gasteiger partial charge in [0.2, 0.25) is 5.13 Å². The number of ether oxygens (including phenoxy) is 1. The molecule has 2 heterocycles. The maximum atomic E-state index is 13.6. The predicted molar refractivity (Wildman–Crippen MR) is 173 cm³/mol. The second kappa shape index (κ2) is 13.8. The Labute approximate surface area is 264 Å². The van der Waals surface area contributed by atoms with Crippen molar-refractivity contribution in [2.24, 2.45) is 0 Å². The van der Waals surface area contributed by atoms with Crippen LogP contribution in [0.3, 0.4) is 0 Å². The number of halogens is 1. The molecule has 4 aromatic rings. The van der Waals surface area contributed by atoms with Crippen molar-refractivity contribution in [2.45, 2.75) is 55.7 Å². The van der Waals surface area contributed by atoms with Crippen molar-refractivity contribution in [1.82, 2.24) is 10.2 Å². The molecule has 1 saturated heterocycles. The highest BCUT2D eigenvalue weighted by Gasteiger charge is 2.48. The van der Waals surface area contributed by atoms with Gasteiger partial charge in [-0.1, -0.05) is 104 Å². The lowest BCUT2D eigenvalue weighted by molar-refractivity contribution is -0.132. The van der Waals surface area contributed by atoms with Crippen molar-refractivity contribution in [3.05, 3.63) is 106 Å². The number of aromatic nitrogens is 2. The molecule has 10 heteroatoms. The summed E-state index contributed by atoms with van der Waals surface area (Å²) in [5.74, 6) is -0.249. The highest BCUT2D eigenvalue weighted by Crippen LogP contribution is 2.44. The Bertz CT molecular complexity index is 1630. The number of benzene rings is 3. The third kappa shape index (κ3) is 6.79. The summed E-state index contributed by atoms with van der Waals surface area (Å²) in [5, 5.41) is 21.0. The van der Waals surface area contributed by atoms with Crippen molar-refractivity contribution < 1.29 is 19.4 Å². The minimum atomic E-state index is -0.879. The van der Waals surface area contributed by atoms with Gasteiger partial charge in [-0.15, -0.1) is 10.2 Å². The van der Waals surface area contributed by atoms with E-state index in [1.807, 2.05) is 48.5 Å². The lowest BCUT2D eigenvalue weighted by atomic mass is 9.93. The number of ketones is 1. The van der Waals surface area contributed by atoms with Crippen molar-refractivity contribution >= 4 is 57.3 Å². The molecule has 1 aromatic heterocycles. The molecular formula is C33H32ClN3O4S2. The largest absolute Gasteiger partial charge is 0.507 e. The number of thioether (sulfide) groups is 1. The quantitative estimate of drug-likeness (QED) is 0.0442. The van der Waals surface area contributed by atoms with Crippen molar-refractivity contribution in [3.63, 3.8) is 0 Å². The second-order valence-corrected chi connectivity index (χ2v) is 13.0. The van der Waals surface area contributed by atoms with Crippen molar-refractivity contribution in [2.75, 3.05) is 11.5 Å². The first-order valence-corrected chi connectivity index (χ1v) is 16.3. The molecule has 222 valence electrons. The number of nitrogens with zero attached hydrogens (tertiary/aromatic N) is 3. The van der Waals surface area contributed by atoms with Crippen LogP contribution in [0.1, 0.15) is 67.8 Å². The standard InChI is InChI=1S/C33H32ClN3O4S2/c1-4-5-18-41-25-16-14-23(15-17-25)29(38)27-28(22-12-10-21(11-13-22)20(2)3)37(31(40)30(27)39)32-35-36-33(43-32)42-19-24-8-6-7-9-26(24)34/h6-17,20,28,38H,4-5,18-19H2,1-3H3/t28-/m0/s1. The summed E-state index contributed by atoms with van der Waals surface area (Å²) < 4.78 is 6.38. The molecule has 1 aliphatic heterocycles. The van der Waals surface area contributed by atoms with Gasteiger partial charge in [0.1, 0.15) is 11.5 Å². The zero-order chi connectivity index (χ0) is 30.5. The van der Waals surface area contributed by atoms with Crippen LogP contribution >= 0.6 is 34.7 Å². The molecule has 0 aliphatic carbocycles. The molecule has 3 aromatic carbocycles. The van der Waals surface area contributed by atoms with Gasteiger partial charge in [-0.25, -0.2) is 0 Å². The number of rotatable bonds is 11. The maximum Gasteiger partial charge on any atom is 0.301 e. The molecule has 0 unspecified atom stereocenters. The van der Waals surface area contributed by atoms with Crippen LogP contribution in [0.25, 0.3) is 5.76 Å². The van der Waals surface area contributed by atoms with E-state index in [2.05, 4.69) is 31.0 Å². The number of aliphatic hydroxyl groups is 1. The van der Waals surface area contributed by atoms with E-state index < -0.39 is 17.7 Å². The number of carbonyl (C=O) groups is 2. The third-order valence-electron chi connectivity index (χ3n) is 7.17. The van der Waals surface area contributed by atoms with E-state index in [1.165, 1.54) is 28.0 Å². The van der Waals surface area contributed by atoms with E-state index in [9.17, 15) is 14.7 Å². The fourth-order valence-corrected chi connectivity index (χ4v) is 6.87. The van der Waals surface area contributed by atoms with Crippen molar-refractivity contribution in [1.29, 1.82) is 0 Å². The Morgan fingerprint density at radius 2 is 1.77 bits per heavy atom. The zero-order valence-corrected chi connectivity index (χ0v) is 26.5. The highest BCUT2D eigenvalue weighted by molar-refractivity contribution is 8.00. The molecule has 0 bridgehead atoms. The summed E-state index contributed by atoms with van der Waals surface area (Å²) in [5.41, 5.74) is 3.18. The molecule has 7 nitrogen and oxygen atoms in total. The van der Waals surface area contributed by atoms with Crippen molar-refractivity contribution in [3.8, 4) is 5.75 Å². The van der Waals surface area contributed by atoms with Crippen LogP contribution in [-0.2, 0) is 15.3 Å². The molecule has 1 aliphatic rings. The minimum absolute atomic E-state index is 0.00224. The topological polar surface area (TPSA) is 92.6 Å². The fourth-order valence-electron chi connectivity index (χ4n) is 4.72. The Balaban J connectivity index is 1.50. The molecule has 5 rings (SSSR count). The monoisotopic (exact) mass is 633 g/mol. The Hall–Kier alpha value is -3.66. The highest BCUT2D eigenvalue weighted by atomic mass is 35.5. The summed E-state index contributed by atoms with van der Waals surface area (Å²) in [6.45, 7) is 6.88. The van der Waals surface area contributed by atoms with Gasteiger partial charge in [0.25, 0.3) is 5.78 Å². The summed E-state index contributed by atoms with van der Waals surface area (Å²) in [7, 11) is 0. The van der Waals surface area contributed by atoms with E-state index in [-0.39, 0.29) is 16.5 Å². The average molecular weight is 634 g/mol.